The van der Waals surface area contributed by atoms with Crippen LogP contribution in [0, 0.1) is 0 Å². The summed E-state index contributed by atoms with van der Waals surface area (Å²) in [6, 6.07) is 3.06. The van der Waals surface area contributed by atoms with Crippen LogP contribution in [0.4, 0.5) is 5.69 Å². The molecule has 0 bridgehead atoms. The average Bonchev–Trinajstić information content (AvgIpc) is 2.35. The summed E-state index contributed by atoms with van der Waals surface area (Å²) < 4.78 is 15.2. The molecule has 5 nitrogen and oxygen atoms in total. The minimum Gasteiger partial charge on any atom is -0.493 e. The lowest BCUT2D eigenvalue weighted by Gasteiger charge is -2.11. The van der Waals surface area contributed by atoms with Gasteiger partial charge in [0.15, 0.2) is 11.5 Å². The Morgan fingerprint density at radius 1 is 1.24 bits per heavy atom. The second-order valence-electron chi connectivity index (χ2n) is 3.43. The van der Waals surface area contributed by atoms with E-state index in [0.29, 0.717) is 23.8 Å². The molecule has 0 spiro atoms. The van der Waals surface area contributed by atoms with Gasteiger partial charge in [0.25, 0.3) is 0 Å². The van der Waals surface area contributed by atoms with Crippen LogP contribution in [-0.4, -0.2) is 26.8 Å². The van der Waals surface area contributed by atoms with Gasteiger partial charge in [0.1, 0.15) is 0 Å². The number of benzene rings is 1. The first-order chi connectivity index (χ1) is 8.13. The average molecular weight is 239 g/mol. The molecule has 5 heteroatoms. The van der Waals surface area contributed by atoms with Crippen LogP contribution in [0.2, 0.25) is 0 Å². The number of anilines is 1. The molecule has 17 heavy (non-hydrogen) atoms. The van der Waals surface area contributed by atoms with E-state index in [1.807, 2.05) is 6.92 Å². The first-order valence-electron chi connectivity index (χ1n) is 5.32. The van der Waals surface area contributed by atoms with E-state index < -0.39 is 5.97 Å². The van der Waals surface area contributed by atoms with Gasteiger partial charge >= 0.3 is 5.97 Å². The van der Waals surface area contributed by atoms with Crippen LogP contribution in [0.25, 0.3) is 0 Å². The zero-order chi connectivity index (χ0) is 12.8. The molecule has 0 radical (unpaired) electrons. The summed E-state index contributed by atoms with van der Waals surface area (Å²) in [5.41, 5.74) is 6.35. The van der Waals surface area contributed by atoms with Crippen LogP contribution in [-0.2, 0) is 4.74 Å². The van der Waals surface area contributed by atoms with Crippen molar-refractivity contribution in [2.45, 2.75) is 13.3 Å². The van der Waals surface area contributed by atoms with Gasteiger partial charge in [0.05, 0.1) is 32.1 Å². The summed E-state index contributed by atoms with van der Waals surface area (Å²) in [6.45, 7) is 2.29. The number of rotatable bonds is 5. The Morgan fingerprint density at radius 2 is 1.82 bits per heavy atom. The number of methoxy groups -OCH3 is 2. The van der Waals surface area contributed by atoms with Gasteiger partial charge in [0.2, 0.25) is 0 Å². The number of ether oxygens (including phenoxy) is 3. The Morgan fingerprint density at radius 3 is 2.35 bits per heavy atom. The van der Waals surface area contributed by atoms with Crippen LogP contribution in [0.5, 0.6) is 11.5 Å². The van der Waals surface area contributed by atoms with Crippen molar-refractivity contribution in [1.82, 2.24) is 0 Å². The van der Waals surface area contributed by atoms with Gasteiger partial charge in [-0.05, 0) is 6.42 Å². The quantitative estimate of drug-likeness (QED) is 0.627. The number of hydrogen-bond donors (Lipinski definition) is 1. The fourth-order valence-electron chi connectivity index (χ4n) is 1.34. The van der Waals surface area contributed by atoms with Crippen molar-refractivity contribution in [1.29, 1.82) is 0 Å². The zero-order valence-corrected chi connectivity index (χ0v) is 10.3. The number of esters is 1. The van der Waals surface area contributed by atoms with Crippen molar-refractivity contribution < 1.29 is 19.0 Å². The van der Waals surface area contributed by atoms with Crippen molar-refractivity contribution in [3.05, 3.63) is 17.7 Å². The van der Waals surface area contributed by atoms with Gasteiger partial charge in [-0.3, -0.25) is 0 Å². The molecule has 0 saturated heterocycles. The van der Waals surface area contributed by atoms with E-state index in [4.69, 9.17) is 19.9 Å². The molecule has 1 aromatic rings. The molecule has 0 aliphatic heterocycles. The highest BCUT2D eigenvalue weighted by atomic mass is 16.5. The van der Waals surface area contributed by atoms with Crippen LogP contribution >= 0.6 is 0 Å². The molecule has 0 aromatic heterocycles. The lowest BCUT2D eigenvalue weighted by molar-refractivity contribution is 0.0506. The molecule has 0 saturated carbocycles. The smallest absolute Gasteiger partial charge is 0.340 e. The van der Waals surface area contributed by atoms with Crippen molar-refractivity contribution in [2.75, 3.05) is 26.6 Å². The highest BCUT2D eigenvalue weighted by Crippen LogP contribution is 2.32. The van der Waals surface area contributed by atoms with E-state index >= 15 is 0 Å². The Bertz CT molecular complexity index is 404. The van der Waals surface area contributed by atoms with Gasteiger partial charge in [-0.1, -0.05) is 6.92 Å². The minimum absolute atomic E-state index is 0.288. The first kappa shape index (κ1) is 13.2. The maximum Gasteiger partial charge on any atom is 0.340 e. The standard InChI is InChI=1S/C12H17NO4/c1-4-5-17-12(14)8-6-10(15-2)11(16-3)7-9(8)13/h6-7H,4-5,13H2,1-3H3. The molecule has 0 amide bonds. The van der Waals surface area contributed by atoms with E-state index in [1.54, 1.807) is 6.07 Å². The fraction of sp³-hybridized carbons (Fsp3) is 0.417. The Hall–Kier alpha value is -1.91. The first-order valence-corrected chi connectivity index (χ1v) is 5.32. The lowest BCUT2D eigenvalue weighted by Crippen LogP contribution is -2.09. The van der Waals surface area contributed by atoms with E-state index in [0.717, 1.165) is 6.42 Å². The van der Waals surface area contributed by atoms with E-state index in [-0.39, 0.29) is 5.56 Å². The van der Waals surface area contributed by atoms with E-state index in [9.17, 15) is 4.79 Å². The molecule has 1 aromatic carbocycles. The second kappa shape index (κ2) is 5.98. The Labute approximate surface area is 100 Å². The zero-order valence-electron chi connectivity index (χ0n) is 10.3. The van der Waals surface area contributed by atoms with Crippen LogP contribution < -0.4 is 15.2 Å². The number of carbonyl (C=O) groups is 1. The number of nitrogens with two attached hydrogens (primary N) is 1. The monoisotopic (exact) mass is 239 g/mol. The summed E-state index contributed by atoms with van der Waals surface area (Å²) in [5.74, 6) is 0.479. The second-order valence-corrected chi connectivity index (χ2v) is 3.43. The van der Waals surface area contributed by atoms with Crippen LogP contribution in [0.1, 0.15) is 23.7 Å². The van der Waals surface area contributed by atoms with Crippen molar-refractivity contribution in [2.24, 2.45) is 0 Å². The molecule has 0 atom stereocenters. The van der Waals surface area contributed by atoms with Crippen LogP contribution in [0.15, 0.2) is 12.1 Å². The number of carbonyl (C=O) groups excluding carboxylic acids is 1. The minimum atomic E-state index is -0.453. The third kappa shape index (κ3) is 3.03. The van der Waals surface area contributed by atoms with Gasteiger partial charge < -0.3 is 19.9 Å². The summed E-state index contributed by atoms with van der Waals surface area (Å²) in [4.78, 5) is 11.7. The highest BCUT2D eigenvalue weighted by Gasteiger charge is 2.16. The Kier molecular flexibility index (Phi) is 4.63. The van der Waals surface area contributed by atoms with Gasteiger partial charge in [-0.25, -0.2) is 4.79 Å². The summed E-state index contributed by atoms with van der Waals surface area (Å²) in [5, 5.41) is 0. The van der Waals surface area contributed by atoms with Crippen molar-refractivity contribution in [3.63, 3.8) is 0 Å². The highest BCUT2D eigenvalue weighted by molar-refractivity contribution is 5.96. The predicted molar refractivity (Wildman–Crippen MR) is 64.5 cm³/mol. The number of nitrogen functional groups attached to an aromatic ring is 1. The molecule has 94 valence electrons. The largest absolute Gasteiger partial charge is 0.493 e. The van der Waals surface area contributed by atoms with Gasteiger partial charge in [0, 0.05) is 12.1 Å². The summed E-state index contributed by atoms with van der Waals surface area (Å²) in [6.07, 6.45) is 0.763. The van der Waals surface area contributed by atoms with E-state index in [1.165, 1.54) is 20.3 Å². The molecule has 0 unspecified atom stereocenters. The fourth-order valence-corrected chi connectivity index (χ4v) is 1.34. The number of hydrogen-bond acceptors (Lipinski definition) is 5. The maximum atomic E-state index is 11.7. The summed E-state index contributed by atoms with van der Waals surface area (Å²) in [7, 11) is 3.00. The van der Waals surface area contributed by atoms with Gasteiger partial charge in [-0.2, -0.15) is 0 Å². The topological polar surface area (TPSA) is 70.8 Å². The maximum absolute atomic E-state index is 11.7. The third-order valence-electron chi connectivity index (χ3n) is 2.21. The van der Waals surface area contributed by atoms with Crippen LogP contribution in [0.3, 0.4) is 0 Å². The lowest BCUT2D eigenvalue weighted by atomic mass is 10.1. The molecule has 1 rings (SSSR count). The molecule has 0 heterocycles. The normalized spacial score (nSPS) is 9.82. The molecular formula is C12H17NO4. The Balaban J connectivity index is 3.03. The predicted octanol–water partition coefficient (Wildman–Crippen LogP) is 1.85. The molecular weight excluding hydrogens is 222 g/mol. The molecule has 0 aliphatic rings. The van der Waals surface area contributed by atoms with Crippen molar-refractivity contribution in [3.8, 4) is 11.5 Å². The molecule has 0 fully saturated rings. The van der Waals surface area contributed by atoms with Gasteiger partial charge in [-0.15, -0.1) is 0 Å². The summed E-state index contributed by atoms with van der Waals surface area (Å²) >= 11 is 0. The third-order valence-corrected chi connectivity index (χ3v) is 2.21. The van der Waals surface area contributed by atoms with Crippen molar-refractivity contribution >= 4 is 11.7 Å². The molecule has 0 aliphatic carbocycles. The SMILES string of the molecule is CCCOC(=O)c1cc(OC)c(OC)cc1N. The van der Waals surface area contributed by atoms with E-state index in [2.05, 4.69) is 0 Å². The molecule has 2 N–H and O–H groups in total.